The average molecular weight is 328 g/mol. The minimum Gasteiger partial charge on any atom is -0.324 e. The molecule has 1 N–H and O–H groups in total. The van der Waals surface area contributed by atoms with Crippen molar-refractivity contribution in [2.45, 2.75) is 26.3 Å². The molecule has 1 aromatic carbocycles. The van der Waals surface area contributed by atoms with E-state index in [2.05, 4.69) is 17.2 Å². The first-order valence-electron chi connectivity index (χ1n) is 7.69. The molecule has 118 valence electrons. The van der Waals surface area contributed by atoms with Crippen LogP contribution in [0.5, 0.6) is 0 Å². The van der Waals surface area contributed by atoms with Crippen molar-refractivity contribution in [3.8, 4) is 0 Å². The Kier molecular flexibility index (Phi) is 4.44. The van der Waals surface area contributed by atoms with Gasteiger partial charge in [0.25, 0.3) is 0 Å². The fourth-order valence-corrected chi connectivity index (χ4v) is 2.82. The molecule has 4 nitrogen and oxygen atoms in total. The van der Waals surface area contributed by atoms with E-state index in [1.165, 1.54) is 0 Å². The highest BCUT2D eigenvalue weighted by Crippen LogP contribution is 2.29. The lowest BCUT2D eigenvalue weighted by atomic mass is 9.98. The van der Waals surface area contributed by atoms with Crippen molar-refractivity contribution in [3.05, 3.63) is 58.9 Å². The van der Waals surface area contributed by atoms with Crippen molar-refractivity contribution in [3.63, 3.8) is 0 Å². The lowest BCUT2D eigenvalue weighted by molar-refractivity contribution is -0.118. The van der Waals surface area contributed by atoms with E-state index in [0.717, 1.165) is 28.9 Å². The van der Waals surface area contributed by atoms with Crippen LogP contribution in [0, 0.1) is 5.92 Å². The number of aromatic nitrogens is 1. The molecule has 0 saturated heterocycles. The van der Waals surface area contributed by atoms with Crippen LogP contribution in [0.4, 0.5) is 5.69 Å². The standard InChI is InChI=1S/C18H18ClN3O/c1-3-11(2)16-18(23)21-15-5-4-13(19)10-14(15)17(22-16)12-6-8-20-9-7-12/h4-11,16H,3H2,1-2H3,(H,21,23)/t11-,16?/m0/s1. The van der Waals surface area contributed by atoms with Gasteiger partial charge in [-0.1, -0.05) is 31.9 Å². The average Bonchev–Trinajstić information content (AvgIpc) is 2.71. The largest absolute Gasteiger partial charge is 0.324 e. The summed E-state index contributed by atoms with van der Waals surface area (Å²) in [5.74, 6) is 0.0728. The zero-order chi connectivity index (χ0) is 16.4. The smallest absolute Gasteiger partial charge is 0.249 e. The maximum Gasteiger partial charge on any atom is 0.249 e. The first-order valence-corrected chi connectivity index (χ1v) is 8.07. The number of fused-ring (bicyclic) bond motifs is 1. The van der Waals surface area contributed by atoms with Crippen LogP contribution in [0.3, 0.4) is 0 Å². The van der Waals surface area contributed by atoms with Gasteiger partial charge in [0.2, 0.25) is 5.91 Å². The first-order chi connectivity index (χ1) is 11.1. The Labute approximate surface area is 140 Å². The number of benzodiazepines with no additional fused rings is 1. The van der Waals surface area contributed by atoms with Crippen LogP contribution in [-0.2, 0) is 4.79 Å². The third-order valence-electron chi connectivity index (χ3n) is 4.17. The van der Waals surface area contributed by atoms with Gasteiger partial charge in [-0.3, -0.25) is 14.8 Å². The van der Waals surface area contributed by atoms with E-state index >= 15 is 0 Å². The number of rotatable bonds is 3. The quantitative estimate of drug-likeness (QED) is 0.928. The van der Waals surface area contributed by atoms with E-state index in [1.54, 1.807) is 18.5 Å². The molecule has 0 bridgehead atoms. The topological polar surface area (TPSA) is 54.4 Å². The molecule has 1 aliphatic heterocycles. The summed E-state index contributed by atoms with van der Waals surface area (Å²) in [6.45, 7) is 4.11. The predicted octanol–water partition coefficient (Wildman–Crippen LogP) is 3.94. The molecule has 1 aromatic heterocycles. The maximum absolute atomic E-state index is 12.6. The summed E-state index contributed by atoms with van der Waals surface area (Å²) in [6, 6.07) is 8.81. The monoisotopic (exact) mass is 327 g/mol. The van der Waals surface area contributed by atoms with Gasteiger partial charge in [-0.15, -0.1) is 0 Å². The van der Waals surface area contributed by atoms with Gasteiger partial charge < -0.3 is 5.32 Å². The molecule has 3 rings (SSSR count). The number of benzene rings is 1. The number of carbonyl (C=O) groups is 1. The summed E-state index contributed by atoms with van der Waals surface area (Å²) >= 11 is 6.17. The molecule has 1 amide bonds. The third kappa shape index (κ3) is 3.13. The number of carbonyl (C=O) groups excluding carboxylic acids is 1. The van der Waals surface area contributed by atoms with Gasteiger partial charge in [0.05, 0.1) is 11.4 Å². The maximum atomic E-state index is 12.6. The Morgan fingerprint density at radius 3 is 2.70 bits per heavy atom. The van der Waals surface area contributed by atoms with Gasteiger partial charge in [0, 0.05) is 28.5 Å². The molecule has 0 saturated carbocycles. The lowest BCUT2D eigenvalue weighted by Crippen LogP contribution is -2.31. The van der Waals surface area contributed by atoms with Gasteiger partial charge in [0.15, 0.2) is 0 Å². The van der Waals surface area contributed by atoms with Crippen molar-refractivity contribution in [1.82, 2.24) is 4.98 Å². The van der Waals surface area contributed by atoms with Crippen LogP contribution < -0.4 is 5.32 Å². The number of hydrogen-bond acceptors (Lipinski definition) is 3. The summed E-state index contributed by atoms with van der Waals surface area (Å²) in [6.07, 6.45) is 4.32. The van der Waals surface area contributed by atoms with Crippen LogP contribution in [0.2, 0.25) is 5.02 Å². The molecule has 2 aromatic rings. The second-order valence-corrected chi connectivity index (χ2v) is 6.16. The summed E-state index contributed by atoms with van der Waals surface area (Å²) < 4.78 is 0. The predicted molar refractivity (Wildman–Crippen MR) is 93.2 cm³/mol. The van der Waals surface area contributed by atoms with Crippen molar-refractivity contribution in [2.75, 3.05) is 5.32 Å². The molecule has 1 aliphatic rings. The summed E-state index contributed by atoms with van der Waals surface area (Å²) in [5, 5.41) is 3.60. The van der Waals surface area contributed by atoms with E-state index in [9.17, 15) is 4.79 Å². The molecular weight excluding hydrogens is 310 g/mol. The van der Waals surface area contributed by atoms with Gasteiger partial charge in [-0.25, -0.2) is 0 Å². The van der Waals surface area contributed by atoms with Crippen molar-refractivity contribution in [2.24, 2.45) is 10.9 Å². The Bertz CT molecular complexity index is 758. The number of amides is 1. The number of hydrogen-bond donors (Lipinski definition) is 1. The highest BCUT2D eigenvalue weighted by molar-refractivity contribution is 6.32. The van der Waals surface area contributed by atoms with Crippen molar-refractivity contribution >= 4 is 28.9 Å². The highest BCUT2D eigenvalue weighted by Gasteiger charge is 2.29. The molecule has 0 aliphatic carbocycles. The van der Waals surface area contributed by atoms with Gasteiger partial charge in [-0.2, -0.15) is 0 Å². The molecular formula is C18H18ClN3O. The number of nitrogens with one attached hydrogen (secondary N) is 1. The fourth-order valence-electron chi connectivity index (χ4n) is 2.64. The van der Waals surface area contributed by atoms with Crippen LogP contribution in [0.1, 0.15) is 31.4 Å². The molecule has 0 radical (unpaired) electrons. The number of nitrogens with zero attached hydrogens (tertiary/aromatic N) is 2. The summed E-state index contributed by atoms with van der Waals surface area (Å²) in [5.41, 5.74) is 3.27. The summed E-state index contributed by atoms with van der Waals surface area (Å²) in [4.78, 5) is 21.4. The number of anilines is 1. The van der Waals surface area contributed by atoms with E-state index in [0.29, 0.717) is 5.02 Å². The minimum atomic E-state index is -0.422. The second-order valence-electron chi connectivity index (χ2n) is 5.72. The van der Waals surface area contributed by atoms with Crippen LogP contribution in [0.25, 0.3) is 0 Å². The van der Waals surface area contributed by atoms with Crippen molar-refractivity contribution < 1.29 is 4.79 Å². The second kappa shape index (κ2) is 6.50. The van der Waals surface area contributed by atoms with Gasteiger partial charge >= 0.3 is 0 Å². The van der Waals surface area contributed by atoms with Gasteiger partial charge in [-0.05, 0) is 36.2 Å². The Morgan fingerprint density at radius 2 is 2.00 bits per heavy atom. The highest BCUT2D eigenvalue weighted by atomic mass is 35.5. The van der Waals surface area contributed by atoms with Crippen molar-refractivity contribution in [1.29, 1.82) is 0 Å². The number of aliphatic imine (C=N–C) groups is 1. The Morgan fingerprint density at radius 1 is 1.26 bits per heavy atom. The molecule has 23 heavy (non-hydrogen) atoms. The SMILES string of the molecule is CC[C@H](C)C1N=C(c2ccncc2)c2cc(Cl)ccc2NC1=O. The molecule has 2 atom stereocenters. The minimum absolute atomic E-state index is 0.0769. The van der Waals surface area contributed by atoms with E-state index in [-0.39, 0.29) is 11.8 Å². The molecule has 0 fully saturated rings. The number of pyridine rings is 1. The van der Waals surface area contributed by atoms with Crippen LogP contribution in [0.15, 0.2) is 47.7 Å². The zero-order valence-corrected chi connectivity index (χ0v) is 13.8. The molecule has 2 heterocycles. The van der Waals surface area contributed by atoms with Crippen LogP contribution in [-0.4, -0.2) is 22.6 Å². The molecule has 5 heteroatoms. The zero-order valence-electron chi connectivity index (χ0n) is 13.1. The van der Waals surface area contributed by atoms with E-state index < -0.39 is 6.04 Å². The van der Waals surface area contributed by atoms with E-state index in [1.807, 2.05) is 31.2 Å². The first kappa shape index (κ1) is 15.7. The molecule has 1 unspecified atom stereocenters. The number of halogens is 1. The van der Waals surface area contributed by atoms with Crippen LogP contribution >= 0.6 is 11.6 Å². The Balaban J connectivity index is 2.21. The molecule has 0 spiro atoms. The lowest BCUT2D eigenvalue weighted by Gasteiger charge is -2.17. The Hall–Kier alpha value is -2.20. The summed E-state index contributed by atoms with van der Waals surface area (Å²) in [7, 11) is 0. The van der Waals surface area contributed by atoms with Gasteiger partial charge in [0.1, 0.15) is 6.04 Å². The third-order valence-corrected chi connectivity index (χ3v) is 4.40. The normalized spacial score (nSPS) is 18.5. The fraction of sp³-hybridized carbons (Fsp3) is 0.278. The van der Waals surface area contributed by atoms with E-state index in [4.69, 9.17) is 16.6 Å².